The van der Waals surface area contributed by atoms with E-state index in [4.69, 9.17) is 10.2 Å². The van der Waals surface area contributed by atoms with Gasteiger partial charge < -0.3 is 10.2 Å². The number of hydrogen-bond donors (Lipinski definition) is 2. The molecule has 0 saturated heterocycles. The van der Waals surface area contributed by atoms with E-state index in [2.05, 4.69) is 4.99 Å². The number of carboxylic acid groups (broad SMARTS) is 2. The minimum absolute atomic E-state index is 0.0474. The van der Waals surface area contributed by atoms with Crippen molar-refractivity contribution in [2.24, 2.45) is 10.9 Å². The molecule has 0 unspecified atom stereocenters. The first kappa shape index (κ1) is 11.9. The number of rotatable bonds is 4. The molecule has 0 fully saturated rings. The van der Waals surface area contributed by atoms with E-state index in [1.807, 2.05) is 0 Å². The molecular weight excluding hydrogens is 210 g/mol. The number of para-hydroxylation sites is 1. The lowest BCUT2D eigenvalue weighted by Gasteiger charge is -2.06. The quantitative estimate of drug-likeness (QED) is 0.596. The van der Waals surface area contributed by atoms with Gasteiger partial charge in [0.1, 0.15) is 0 Å². The second kappa shape index (κ2) is 5.06. The van der Waals surface area contributed by atoms with Crippen LogP contribution in [0.3, 0.4) is 0 Å². The van der Waals surface area contributed by atoms with Crippen molar-refractivity contribution in [1.82, 2.24) is 0 Å². The molecule has 0 bridgehead atoms. The summed E-state index contributed by atoms with van der Waals surface area (Å²) in [5.74, 6) is -4.42. The molecule has 5 nitrogen and oxygen atoms in total. The normalized spacial score (nSPS) is 11.5. The molecule has 84 valence electrons. The van der Waals surface area contributed by atoms with Crippen molar-refractivity contribution in [3.8, 4) is 0 Å². The third kappa shape index (κ3) is 2.91. The Morgan fingerprint density at radius 2 is 1.62 bits per heavy atom. The minimum Gasteiger partial charge on any atom is -0.480 e. The lowest BCUT2D eigenvalue weighted by Crippen LogP contribution is -2.29. The van der Waals surface area contributed by atoms with Crippen molar-refractivity contribution < 1.29 is 19.8 Å². The highest BCUT2D eigenvalue weighted by molar-refractivity contribution is 6.15. The van der Waals surface area contributed by atoms with Crippen LogP contribution in [0.2, 0.25) is 0 Å². The zero-order valence-corrected chi connectivity index (χ0v) is 8.62. The fourth-order valence-corrected chi connectivity index (χ4v) is 1.23. The average molecular weight is 221 g/mol. The van der Waals surface area contributed by atoms with Crippen LogP contribution in [0.4, 0.5) is 5.69 Å². The van der Waals surface area contributed by atoms with E-state index in [1.54, 1.807) is 30.3 Å². The molecule has 0 aliphatic heterocycles. The van der Waals surface area contributed by atoms with Crippen molar-refractivity contribution in [2.75, 3.05) is 0 Å². The minimum atomic E-state index is -1.60. The molecule has 0 saturated carbocycles. The van der Waals surface area contributed by atoms with Gasteiger partial charge in [0.25, 0.3) is 0 Å². The van der Waals surface area contributed by atoms with Gasteiger partial charge in [-0.2, -0.15) is 0 Å². The van der Waals surface area contributed by atoms with Gasteiger partial charge in [-0.3, -0.25) is 14.6 Å². The Balaban J connectivity index is 3.00. The maximum absolute atomic E-state index is 10.7. The molecule has 0 aromatic heterocycles. The molecule has 16 heavy (non-hydrogen) atoms. The first-order valence-corrected chi connectivity index (χ1v) is 4.58. The molecule has 2 N–H and O–H groups in total. The second-order valence-corrected chi connectivity index (χ2v) is 3.20. The van der Waals surface area contributed by atoms with E-state index in [0.717, 1.165) is 0 Å². The van der Waals surface area contributed by atoms with E-state index in [-0.39, 0.29) is 5.71 Å². The highest BCUT2D eigenvalue weighted by Gasteiger charge is 2.28. The van der Waals surface area contributed by atoms with Crippen molar-refractivity contribution in [3.63, 3.8) is 0 Å². The molecule has 0 radical (unpaired) electrons. The Hall–Kier alpha value is -2.17. The average Bonchev–Trinajstić information content (AvgIpc) is 2.17. The molecule has 0 heterocycles. The first-order valence-electron chi connectivity index (χ1n) is 4.58. The predicted molar refractivity (Wildman–Crippen MR) is 58.0 cm³/mol. The molecule has 0 aliphatic carbocycles. The standard InChI is InChI=1S/C11H11NO4/c1-7(9(10(13)14)11(15)16)12-8-5-3-2-4-6-8/h2-6,9H,1H3,(H,13,14)(H,15,16)/b12-7+. The van der Waals surface area contributed by atoms with Gasteiger partial charge in [0.2, 0.25) is 0 Å². The molecular formula is C11H11NO4. The zero-order chi connectivity index (χ0) is 12.1. The lowest BCUT2D eigenvalue weighted by atomic mass is 10.1. The highest BCUT2D eigenvalue weighted by atomic mass is 16.4. The van der Waals surface area contributed by atoms with E-state index in [9.17, 15) is 9.59 Å². The molecule has 1 aromatic rings. The molecule has 1 rings (SSSR count). The number of carboxylic acids is 2. The summed E-state index contributed by atoms with van der Waals surface area (Å²) < 4.78 is 0. The van der Waals surface area contributed by atoms with E-state index >= 15 is 0 Å². The molecule has 5 heteroatoms. The third-order valence-corrected chi connectivity index (χ3v) is 1.97. The first-order chi connectivity index (χ1) is 7.52. The monoisotopic (exact) mass is 221 g/mol. The number of benzene rings is 1. The van der Waals surface area contributed by atoms with Gasteiger partial charge in [-0.05, 0) is 19.1 Å². The number of carbonyl (C=O) groups is 2. The van der Waals surface area contributed by atoms with Crippen LogP contribution >= 0.6 is 0 Å². The van der Waals surface area contributed by atoms with E-state index in [0.29, 0.717) is 5.69 Å². The van der Waals surface area contributed by atoms with Crippen molar-refractivity contribution in [3.05, 3.63) is 30.3 Å². The summed E-state index contributed by atoms with van der Waals surface area (Å²) in [6, 6.07) is 8.61. The van der Waals surface area contributed by atoms with Crippen LogP contribution in [0, 0.1) is 5.92 Å². The molecule has 0 atom stereocenters. The van der Waals surface area contributed by atoms with Crippen molar-refractivity contribution in [1.29, 1.82) is 0 Å². The van der Waals surface area contributed by atoms with Gasteiger partial charge in [-0.1, -0.05) is 18.2 Å². The second-order valence-electron chi connectivity index (χ2n) is 3.20. The van der Waals surface area contributed by atoms with Crippen LogP contribution in [0.15, 0.2) is 35.3 Å². The Bertz CT molecular complexity index is 411. The largest absolute Gasteiger partial charge is 0.480 e. The molecule has 0 amide bonds. The van der Waals surface area contributed by atoms with Crippen LogP contribution in [-0.2, 0) is 9.59 Å². The fraction of sp³-hybridized carbons (Fsp3) is 0.182. The maximum atomic E-state index is 10.7. The van der Waals surface area contributed by atoms with Crippen LogP contribution in [-0.4, -0.2) is 27.9 Å². The lowest BCUT2D eigenvalue weighted by molar-refractivity contribution is -0.150. The van der Waals surface area contributed by atoms with Crippen molar-refractivity contribution in [2.45, 2.75) is 6.92 Å². The maximum Gasteiger partial charge on any atom is 0.323 e. The van der Waals surface area contributed by atoms with Crippen LogP contribution in [0.5, 0.6) is 0 Å². The van der Waals surface area contributed by atoms with Gasteiger partial charge in [0.15, 0.2) is 5.92 Å². The van der Waals surface area contributed by atoms with Crippen LogP contribution in [0.25, 0.3) is 0 Å². The Labute approximate surface area is 92.1 Å². The number of hydrogen-bond acceptors (Lipinski definition) is 3. The number of aliphatic carboxylic acids is 2. The van der Waals surface area contributed by atoms with Gasteiger partial charge in [0.05, 0.1) is 5.69 Å². The number of nitrogens with zero attached hydrogens (tertiary/aromatic N) is 1. The summed E-state index contributed by atoms with van der Waals surface area (Å²) in [4.78, 5) is 25.4. The number of aliphatic imine (C=N–C) groups is 1. The Morgan fingerprint density at radius 3 is 2.06 bits per heavy atom. The van der Waals surface area contributed by atoms with Crippen LogP contribution < -0.4 is 0 Å². The van der Waals surface area contributed by atoms with E-state index in [1.165, 1.54) is 6.92 Å². The van der Waals surface area contributed by atoms with E-state index < -0.39 is 17.9 Å². The SMILES string of the molecule is C/C(=N\c1ccccc1)C(C(=O)O)C(=O)O. The smallest absolute Gasteiger partial charge is 0.323 e. The Kier molecular flexibility index (Phi) is 3.77. The zero-order valence-electron chi connectivity index (χ0n) is 8.62. The van der Waals surface area contributed by atoms with Gasteiger partial charge in [-0.15, -0.1) is 0 Å². The highest BCUT2D eigenvalue weighted by Crippen LogP contribution is 2.13. The van der Waals surface area contributed by atoms with Crippen LogP contribution in [0.1, 0.15) is 6.92 Å². The third-order valence-electron chi connectivity index (χ3n) is 1.97. The molecule has 0 aliphatic rings. The molecule has 0 spiro atoms. The molecule has 1 aromatic carbocycles. The Morgan fingerprint density at radius 1 is 1.12 bits per heavy atom. The summed E-state index contributed by atoms with van der Waals surface area (Å²) in [5.41, 5.74) is 0.582. The van der Waals surface area contributed by atoms with Crippen molar-refractivity contribution >= 4 is 23.3 Å². The van der Waals surface area contributed by atoms with Gasteiger partial charge in [0, 0.05) is 5.71 Å². The summed E-state index contributed by atoms with van der Waals surface area (Å²) in [6.07, 6.45) is 0. The summed E-state index contributed by atoms with van der Waals surface area (Å²) in [6.45, 7) is 1.39. The summed E-state index contributed by atoms with van der Waals surface area (Å²) >= 11 is 0. The predicted octanol–water partition coefficient (Wildman–Crippen LogP) is 1.56. The van der Waals surface area contributed by atoms with Gasteiger partial charge in [-0.25, -0.2) is 0 Å². The fourth-order valence-electron chi connectivity index (χ4n) is 1.23. The summed E-state index contributed by atoms with van der Waals surface area (Å²) in [5, 5.41) is 17.5. The topological polar surface area (TPSA) is 87.0 Å². The van der Waals surface area contributed by atoms with Gasteiger partial charge >= 0.3 is 11.9 Å². The summed E-state index contributed by atoms with van der Waals surface area (Å²) in [7, 11) is 0.